The van der Waals surface area contributed by atoms with Gasteiger partial charge in [0, 0.05) is 18.3 Å². The van der Waals surface area contributed by atoms with Gasteiger partial charge in [-0.05, 0) is 30.9 Å². The molecule has 0 saturated heterocycles. The molecular formula is C13H20N2OS. The zero-order valence-corrected chi connectivity index (χ0v) is 11.0. The first-order valence-corrected chi connectivity index (χ1v) is 7.35. The van der Waals surface area contributed by atoms with E-state index >= 15 is 0 Å². The molecule has 94 valence electrons. The lowest BCUT2D eigenvalue weighted by atomic mass is 10.1. The lowest BCUT2D eigenvalue weighted by Crippen LogP contribution is -2.27. The highest BCUT2D eigenvalue weighted by atomic mass is 32.2. The number of hydrogen-bond acceptors (Lipinski definition) is 4. The first kappa shape index (κ1) is 12.7. The molecule has 2 rings (SSSR count). The second-order valence-corrected chi connectivity index (χ2v) is 5.24. The van der Waals surface area contributed by atoms with Gasteiger partial charge in [0.1, 0.15) is 0 Å². The lowest BCUT2D eigenvalue weighted by molar-refractivity contribution is 0.291. The highest BCUT2D eigenvalue weighted by Gasteiger charge is 2.30. The fourth-order valence-electron chi connectivity index (χ4n) is 2.35. The fraction of sp³-hybridized carbons (Fsp3) is 0.538. The lowest BCUT2D eigenvalue weighted by Gasteiger charge is -2.18. The van der Waals surface area contributed by atoms with Crippen molar-refractivity contribution < 1.29 is 5.11 Å². The minimum Gasteiger partial charge on any atom is -0.395 e. The number of aliphatic hydroxyl groups excluding tert-OH is 1. The molecule has 3 nitrogen and oxygen atoms in total. The van der Waals surface area contributed by atoms with E-state index < -0.39 is 0 Å². The van der Waals surface area contributed by atoms with Gasteiger partial charge in [0.05, 0.1) is 11.9 Å². The fourth-order valence-corrected chi connectivity index (χ4v) is 3.34. The minimum atomic E-state index is 0.213. The number of fused-ring (bicyclic) bond motifs is 1. The molecule has 1 aliphatic heterocycles. The van der Waals surface area contributed by atoms with Crippen molar-refractivity contribution in [3.05, 3.63) is 29.8 Å². The van der Waals surface area contributed by atoms with E-state index in [0.29, 0.717) is 17.8 Å². The van der Waals surface area contributed by atoms with Crippen LogP contribution in [0, 0.1) is 0 Å². The molecule has 0 saturated carbocycles. The van der Waals surface area contributed by atoms with E-state index in [2.05, 4.69) is 41.2 Å². The molecule has 17 heavy (non-hydrogen) atoms. The van der Waals surface area contributed by atoms with Crippen LogP contribution in [-0.2, 0) is 0 Å². The van der Waals surface area contributed by atoms with Crippen molar-refractivity contribution in [2.75, 3.05) is 31.3 Å². The molecule has 1 heterocycles. The van der Waals surface area contributed by atoms with E-state index in [0.717, 1.165) is 13.0 Å². The normalized spacial score (nSPS) is 22.2. The second kappa shape index (κ2) is 6.28. The molecule has 0 amide bonds. The molecule has 1 aromatic rings. The van der Waals surface area contributed by atoms with Crippen LogP contribution in [0.5, 0.6) is 0 Å². The Hall–Kier alpha value is -0.710. The predicted molar refractivity (Wildman–Crippen MR) is 74.7 cm³/mol. The van der Waals surface area contributed by atoms with Crippen LogP contribution in [-0.4, -0.2) is 37.1 Å². The monoisotopic (exact) mass is 252 g/mol. The van der Waals surface area contributed by atoms with Crippen LogP contribution >= 0.6 is 11.8 Å². The molecule has 0 bridgehead atoms. The molecule has 2 atom stereocenters. The van der Waals surface area contributed by atoms with Crippen LogP contribution in [0.4, 0.5) is 5.69 Å². The summed E-state index contributed by atoms with van der Waals surface area (Å²) in [5.41, 5.74) is 2.70. The number of aliphatic hydroxyl groups is 1. The van der Waals surface area contributed by atoms with E-state index in [9.17, 15) is 0 Å². The summed E-state index contributed by atoms with van der Waals surface area (Å²) in [5.74, 6) is 0. The summed E-state index contributed by atoms with van der Waals surface area (Å²) in [7, 11) is 0. The van der Waals surface area contributed by atoms with E-state index in [1.165, 1.54) is 11.3 Å². The highest BCUT2D eigenvalue weighted by Crippen LogP contribution is 2.42. The Morgan fingerprint density at radius 2 is 2.18 bits per heavy atom. The topological polar surface area (TPSA) is 44.3 Å². The molecule has 0 unspecified atom stereocenters. The number of rotatable bonds is 6. The molecule has 1 aromatic carbocycles. The van der Waals surface area contributed by atoms with Crippen LogP contribution < -0.4 is 10.6 Å². The van der Waals surface area contributed by atoms with Crippen molar-refractivity contribution in [3.8, 4) is 0 Å². The van der Waals surface area contributed by atoms with E-state index in [1.54, 1.807) is 0 Å². The third-order valence-corrected chi connectivity index (χ3v) is 4.24. The van der Waals surface area contributed by atoms with Crippen LogP contribution in [0.25, 0.3) is 0 Å². The van der Waals surface area contributed by atoms with Gasteiger partial charge in [-0.2, -0.15) is 11.8 Å². The minimum absolute atomic E-state index is 0.213. The van der Waals surface area contributed by atoms with Crippen molar-refractivity contribution in [1.82, 2.24) is 5.32 Å². The standard InChI is InChI=1S/C13H20N2OS/c1-17-13-10-4-2-3-5-11(10)15-12(13)6-7-14-8-9-16/h2-5,12-16H,6-9H2,1H3/t12-,13+/m0/s1. The summed E-state index contributed by atoms with van der Waals surface area (Å²) in [4.78, 5) is 0. The third-order valence-electron chi connectivity index (χ3n) is 3.15. The van der Waals surface area contributed by atoms with Crippen LogP contribution in [0.1, 0.15) is 17.2 Å². The van der Waals surface area contributed by atoms with Gasteiger partial charge in [-0.3, -0.25) is 0 Å². The molecule has 0 aromatic heterocycles. The smallest absolute Gasteiger partial charge is 0.0555 e. The third kappa shape index (κ3) is 2.94. The Morgan fingerprint density at radius 3 is 2.94 bits per heavy atom. The van der Waals surface area contributed by atoms with E-state index in [1.807, 2.05) is 11.8 Å². The Bertz CT molecular complexity index is 359. The number of hydrogen-bond donors (Lipinski definition) is 3. The Labute approximate surface area is 107 Å². The molecule has 0 spiro atoms. The molecule has 4 heteroatoms. The van der Waals surface area contributed by atoms with Gasteiger partial charge in [0.15, 0.2) is 0 Å². The molecule has 1 aliphatic rings. The summed E-state index contributed by atoms with van der Waals surface area (Å²) < 4.78 is 0. The summed E-state index contributed by atoms with van der Waals surface area (Å²) in [6, 6.07) is 9.05. The highest BCUT2D eigenvalue weighted by molar-refractivity contribution is 7.98. The molecule has 0 radical (unpaired) electrons. The summed E-state index contributed by atoms with van der Waals surface area (Å²) >= 11 is 1.91. The van der Waals surface area contributed by atoms with Crippen molar-refractivity contribution in [1.29, 1.82) is 0 Å². The van der Waals surface area contributed by atoms with Gasteiger partial charge in [-0.25, -0.2) is 0 Å². The zero-order chi connectivity index (χ0) is 12.1. The Morgan fingerprint density at radius 1 is 1.35 bits per heavy atom. The van der Waals surface area contributed by atoms with E-state index in [-0.39, 0.29) is 6.61 Å². The first-order chi connectivity index (χ1) is 8.36. The van der Waals surface area contributed by atoms with Gasteiger partial charge >= 0.3 is 0 Å². The summed E-state index contributed by atoms with van der Waals surface area (Å²) in [5, 5.41) is 16.1. The Kier molecular flexibility index (Phi) is 4.71. The molecule has 3 N–H and O–H groups in total. The van der Waals surface area contributed by atoms with Crippen molar-refractivity contribution >= 4 is 17.4 Å². The number of nitrogens with one attached hydrogen (secondary N) is 2. The molecule has 0 fully saturated rings. The van der Waals surface area contributed by atoms with E-state index in [4.69, 9.17) is 5.11 Å². The quantitative estimate of drug-likeness (QED) is 0.676. The van der Waals surface area contributed by atoms with Gasteiger partial charge in [-0.15, -0.1) is 0 Å². The summed E-state index contributed by atoms with van der Waals surface area (Å²) in [6.45, 7) is 1.84. The second-order valence-electron chi connectivity index (χ2n) is 4.26. The molecule has 0 aliphatic carbocycles. The van der Waals surface area contributed by atoms with Gasteiger partial charge in [0.25, 0.3) is 0 Å². The number of para-hydroxylation sites is 1. The largest absolute Gasteiger partial charge is 0.395 e. The van der Waals surface area contributed by atoms with Crippen molar-refractivity contribution in [2.45, 2.75) is 17.7 Å². The van der Waals surface area contributed by atoms with Crippen molar-refractivity contribution in [2.24, 2.45) is 0 Å². The maximum Gasteiger partial charge on any atom is 0.0555 e. The number of anilines is 1. The van der Waals surface area contributed by atoms with Crippen LogP contribution in [0.3, 0.4) is 0 Å². The zero-order valence-electron chi connectivity index (χ0n) is 10.1. The van der Waals surface area contributed by atoms with Gasteiger partial charge in [-0.1, -0.05) is 18.2 Å². The first-order valence-electron chi connectivity index (χ1n) is 6.06. The maximum atomic E-state index is 8.72. The predicted octanol–water partition coefficient (Wildman–Crippen LogP) is 1.86. The average molecular weight is 252 g/mol. The summed E-state index contributed by atoms with van der Waals surface area (Å²) in [6.07, 6.45) is 3.25. The van der Waals surface area contributed by atoms with Gasteiger partial charge < -0.3 is 15.7 Å². The van der Waals surface area contributed by atoms with Crippen LogP contribution in [0.15, 0.2) is 24.3 Å². The maximum absolute atomic E-state index is 8.72. The number of benzene rings is 1. The average Bonchev–Trinajstić information content (AvgIpc) is 2.72. The van der Waals surface area contributed by atoms with Crippen LogP contribution in [0.2, 0.25) is 0 Å². The van der Waals surface area contributed by atoms with Crippen molar-refractivity contribution in [3.63, 3.8) is 0 Å². The Balaban J connectivity index is 1.93. The SMILES string of the molecule is CS[C@@H]1c2ccccc2N[C@H]1CCNCCO. The molecular weight excluding hydrogens is 232 g/mol. The number of thioether (sulfide) groups is 1. The van der Waals surface area contributed by atoms with Gasteiger partial charge in [0.2, 0.25) is 0 Å².